The van der Waals surface area contributed by atoms with Gasteiger partial charge in [0.1, 0.15) is 18.9 Å². The van der Waals surface area contributed by atoms with Crippen LogP contribution in [-0.4, -0.2) is 54.8 Å². The molecule has 1 saturated heterocycles. The molecule has 0 radical (unpaired) electrons. The molecule has 2 aromatic rings. The van der Waals surface area contributed by atoms with Gasteiger partial charge in [-0.1, -0.05) is 38.5 Å². The molecule has 0 unspecified atom stereocenters. The molecule has 10 nitrogen and oxygen atoms in total. The lowest BCUT2D eigenvalue weighted by molar-refractivity contribution is -0.173. The standard InChI is InChI=1S/C29H38ClN5O5/c1-3-5-6-7-8-9-21(37)32-24-23-25(34-27(30)33-24)35(18-31-23)22-16-20(36)29(4-2,40-22)17-39-26(38)28-13-10-19(11-14-28)12-15-28/h2,18-20,22,36H,3,5-17H2,1H3,(H,32,33,34,37)/t19?,20-,22+,28?,29+/m0/s1. The highest BCUT2D eigenvalue weighted by atomic mass is 35.5. The third-order valence-electron chi connectivity index (χ3n) is 8.97. The van der Waals surface area contributed by atoms with Crippen molar-refractivity contribution in [3.63, 3.8) is 0 Å². The van der Waals surface area contributed by atoms with Gasteiger partial charge in [0.25, 0.3) is 0 Å². The third-order valence-corrected chi connectivity index (χ3v) is 9.14. The normalized spacial score (nSPS) is 29.4. The second-order valence-corrected chi connectivity index (χ2v) is 11.9. The Hall–Kier alpha value is -2.74. The summed E-state index contributed by atoms with van der Waals surface area (Å²) in [6, 6.07) is 0. The summed E-state index contributed by atoms with van der Waals surface area (Å²) in [4.78, 5) is 38.6. The molecule has 3 saturated carbocycles. The Kier molecular flexibility index (Phi) is 8.64. The van der Waals surface area contributed by atoms with Gasteiger partial charge >= 0.3 is 5.97 Å². The minimum Gasteiger partial charge on any atom is -0.461 e. The topological polar surface area (TPSA) is 128 Å². The van der Waals surface area contributed by atoms with Crippen molar-refractivity contribution >= 4 is 40.5 Å². The maximum absolute atomic E-state index is 13.1. The fourth-order valence-corrected chi connectivity index (χ4v) is 6.54. The van der Waals surface area contributed by atoms with E-state index >= 15 is 0 Å². The van der Waals surface area contributed by atoms with Gasteiger partial charge in [-0.25, -0.2) is 4.98 Å². The molecule has 40 heavy (non-hydrogen) atoms. The smallest absolute Gasteiger partial charge is 0.312 e. The van der Waals surface area contributed by atoms with E-state index in [4.69, 9.17) is 27.5 Å². The molecule has 4 aliphatic rings. The number of aliphatic hydroxyl groups excluding tert-OH is 1. The van der Waals surface area contributed by atoms with Gasteiger partial charge in [-0.05, 0) is 62.5 Å². The van der Waals surface area contributed by atoms with Gasteiger partial charge in [0.05, 0.1) is 11.7 Å². The van der Waals surface area contributed by atoms with Gasteiger partial charge in [0.2, 0.25) is 11.2 Å². The van der Waals surface area contributed by atoms with Crippen LogP contribution in [0, 0.1) is 23.7 Å². The van der Waals surface area contributed by atoms with Crippen molar-refractivity contribution < 1.29 is 24.2 Å². The van der Waals surface area contributed by atoms with Crippen LogP contribution in [0.25, 0.3) is 11.2 Å². The van der Waals surface area contributed by atoms with E-state index < -0.39 is 23.3 Å². The number of hydrogen-bond acceptors (Lipinski definition) is 8. The van der Waals surface area contributed by atoms with Crippen LogP contribution < -0.4 is 5.32 Å². The molecule has 1 aliphatic heterocycles. The number of carbonyl (C=O) groups is 2. The van der Waals surface area contributed by atoms with Crippen LogP contribution in [-0.2, 0) is 19.1 Å². The molecule has 2 bridgehead atoms. The number of aliphatic hydroxyl groups is 1. The molecular formula is C29H38ClN5O5. The van der Waals surface area contributed by atoms with Crippen molar-refractivity contribution in [2.24, 2.45) is 11.3 Å². The number of terminal acetylenes is 1. The predicted molar refractivity (Wildman–Crippen MR) is 149 cm³/mol. The number of amides is 1. The molecule has 3 aliphatic carbocycles. The molecule has 0 aromatic carbocycles. The van der Waals surface area contributed by atoms with E-state index in [1.807, 2.05) is 0 Å². The molecule has 11 heteroatoms. The van der Waals surface area contributed by atoms with Crippen molar-refractivity contribution in [2.75, 3.05) is 11.9 Å². The Morgan fingerprint density at radius 2 is 1.95 bits per heavy atom. The number of esters is 1. The molecule has 6 rings (SSSR count). The first kappa shape index (κ1) is 28.8. The first-order valence-electron chi connectivity index (χ1n) is 14.5. The average molecular weight is 572 g/mol. The number of carbonyl (C=O) groups excluding carboxylic acids is 2. The fraction of sp³-hybridized carbons (Fsp3) is 0.690. The van der Waals surface area contributed by atoms with Crippen molar-refractivity contribution in [1.29, 1.82) is 0 Å². The van der Waals surface area contributed by atoms with Crippen LogP contribution in [0.15, 0.2) is 6.33 Å². The molecule has 2 aromatic heterocycles. The molecule has 3 atom stereocenters. The van der Waals surface area contributed by atoms with E-state index in [9.17, 15) is 14.7 Å². The van der Waals surface area contributed by atoms with Gasteiger partial charge < -0.3 is 19.9 Å². The average Bonchev–Trinajstić information content (AvgIpc) is 3.53. The summed E-state index contributed by atoms with van der Waals surface area (Å²) in [7, 11) is 0. The molecule has 4 fully saturated rings. The number of ether oxygens (including phenoxy) is 2. The van der Waals surface area contributed by atoms with Crippen LogP contribution >= 0.6 is 11.6 Å². The van der Waals surface area contributed by atoms with E-state index in [0.717, 1.165) is 76.5 Å². The summed E-state index contributed by atoms with van der Waals surface area (Å²) in [6.07, 6.45) is 16.9. The van der Waals surface area contributed by atoms with Crippen molar-refractivity contribution in [3.8, 4) is 12.3 Å². The maximum atomic E-state index is 13.1. The van der Waals surface area contributed by atoms with E-state index in [1.165, 1.54) is 6.33 Å². The quantitative estimate of drug-likeness (QED) is 0.168. The first-order chi connectivity index (χ1) is 19.3. The van der Waals surface area contributed by atoms with Gasteiger partial charge in [-0.3, -0.25) is 14.2 Å². The molecule has 3 heterocycles. The molecule has 216 valence electrons. The van der Waals surface area contributed by atoms with E-state index in [2.05, 4.69) is 33.1 Å². The Labute approximate surface area is 239 Å². The molecule has 2 N–H and O–H groups in total. The summed E-state index contributed by atoms with van der Waals surface area (Å²) in [5.41, 5.74) is -1.28. The van der Waals surface area contributed by atoms with Crippen LogP contribution in [0.4, 0.5) is 5.82 Å². The van der Waals surface area contributed by atoms with Crippen LogP contribution in [0.2, 0.25) is 5.28 Å². The molecule has 1 amide bonds. The Bertz CT molecular complexity index is 1270. The lowest BCUT2D eigenvalue weighted by Crippen LogP contribution is -2.47. The minimum atomic E-state index is -1.51. The number of unbranched alkanes of at least 4 members (excludes halogenated alkanes) is 4. The third kappa shape index (κ3) is 5.69. The van der Waals surface area contributed by atoms with E-state index in [0.29, 0.717) is 17.6 Å². The van der Waals surface area contributed by atoms with Crippen molar-refractivity contribution in [1.82, 2.24) is 19.5 Å². The van der Waals surface area contributed by atoms with E-state index in [1.54, 1.807) is 4.57 Å². The number of nitrogens with one attached hydrogen (secondary N) is 1. The van der Waals surface area contributed by atoms with Crippen LogP contribution in [0.1, 0.15) is 96.6 Å². The predicted octanol–water partition coefficient (Wildman–Crippen LogP) is 4.94. The zero-order valence-electron chi connectivity index (χ0n) is 23.0. The van der Waals surface area contributed by atoms with Gasteiger partial charge in [-0.2, -0.15) is 9.97 Å². The summed E-state index contributed by atoms with van der Waals surface area (Å²) in [5, 5.41) is 13.7. The number of rotatable bonds is 11. The Morgan fingerprint density at radius 1 is 1.23 bits per heavy atom. The lowest BCUT2D eigenvalue weighted by Gasteiger charge is -2.44. The minimum absolute atomic E-state index is 0.0651. The van der Waals surface area contributed by atoms with Crippen molar-refractivity contribution in [3.05, 3.63) is 11.6 Å². The second kappa shape index (κ2) is 12.0. The van der Waals surface area contributed by atoms with E-state index in [-0.39, 0.29) is 36.0 Å². The lowest BCUT2D eigenvalue weighted by atomic mass is 9.61. The highest BCUT2D eigenvalue weighted by Crippen LogP contribution is 2.51. The number of anilines is 1. The first-order valence-corrected chi connectivity index (χ1v) is 14.9. The Morgan fingerprint density at radius 3 is 2.65 bits per heavy atom. The highest BCUT2D eigenvalue weighted by molar-refractivity contribution is 6.28. The monoisotopic (exact) mass is 571 g/mol. The molecular weight excluding hydrogens is 534 g/mol. The van der Waals surface area contributed by atoms with Crippen LogP contribution in [0.3, 0.4) is 0 Å². The number of fused-ring (bicyclic) bond motifs is 4. The number of imidazole rings is 1. The molecule has 0 spiro atoms. The summed E-state index contributed by atoms with van der Waals surface area (Å²) >= 11 is 6.21. The largest absolute Gasteiger partial charge is 0.461 e. The highest BCUT2D eigenvalue weighted by Gasteiger charge is 2.52. The number of halogens is 1. The zero-order chi connectivity index (χ0) is 28.3. The van der Waals surface area contributed by atoms with Crippen LogP contribution in [0.5, 0.6) is 0 Å². The summed E-state index contributed by atoms with van der Waals surface area (Å²) < 4.78 is 13.6. The number of aromatic nitrogens is 4. The fourth-order valence-electron chi connectivity index (χ4n) is 6.38. The SMILES string of the molecule is C#C[C@]1(COC(=O)C23CCC(CC2)CC3)O[C@@H](n2cnc3c(NC(=O)CCCCCCC)nc(Cl)nc32)C[C@@H]1O. The zero-order valence-corrected chi connectivity index (χ0v) is 23.8. The van der Waals surface area contributed by atoms with Gasteiger partial charge in [0.15, 0.2) is 22.6 Å². The summed E-state index contributed by atoms with van der Waals surface area (Å²) in [6.45, 7) is 1.91. The Balaban J connectivity index is 1.27. The number of hydrogen-bond donors (Lipinski definition) is 2. The maximum Gasteiger partial charge on any atom is 0.312 e. The van der Waals surface area contributed by atoms with Gasteiger partial charge in [-0.15, -0.1) is 6.42 Å². The second-order valence-electron chi connectivity index (χ2n) is 11.6. The van der Waals surface area contributed by atoms with Crippen molar-refractivity contribution in [2.45, 2.75) is 108 Å². The summed E-state index contributed by atoms with van der Waals surface area (Å²) in [5.74, 6) is 3.06. The number of nitrogens with zero attached hydrogens (tertiary/aromatic N) is 4. The van der Waals surface area contributed by atoms with Gasteiger partial charge in [0, 0.05) is 12.8 Å².